The molecule has 1 saturated carbocycles. The fourth-order valence-electron chi connectivity index (χ4n) is 2.51. The Labute approximate surface area is 104 Å². The highest BCUT2D eigenvalue weighted by atomic mass is 32.1. The quantitative estimate of drug-likeness (QED) is 0.612. The molecule has 17 heavy (non-hydrogen) atoms. The minimum Gasteiger partial charge on any atom is -0.299 e. The molecule has 1 heterocycles. The fraction of sp³-hybridized carbons (Fsp3) is 0.583. The molecule has 0 aromatic carbocycles. The van der Waals surface area contributed by atoms with E-state index in [2.05, 4.69) is 0 Å². The van der Waals surface area contributed by atoms with Crippen LogP contribution in [0.2, 0.25) is 0 Å². The van der Waals surface area contributed by atoms with Crippen LogP contribution in [0.25, 0.3) is 0 Å². The maximum atomic E-state index is 11.9. The number of hydrogen-bond donors (Lipinski definition) is 0. The lowest BCUT2D eigenvalue weighted by atomic mass is 9.78. The second-order valence-corrected chi connectivity index (χ2v) is 5.44. The second-order valence-electron chi connectivity index (χ2n) is 4.46. The average molecular weight is 253 g/mol. The summed E-state index contributed by atoms with van der Waals surface area (Å²) >= 11 is 1.51. The van der Waals surface area contributed by atoms with Gasteiger partial charge in [-0.3, -0.25) is 14.9 Å². The van der Waals surface area contributed by atoms with Gasteiger partial charge in [-0.15, -0.1) is 11.3 Å². The summed E-state index contributed by atoms with van der Waals surface area (Å²) in [7, 11) is 0. The van der Waals surface area contributed by atoms with Crippen molar-refractivity contribution in [3.8, 4) is 0 Å². The molecule has 0 N–H and O–H groups in total. The summed E-state index contributed by atoms with van der Waals surface area (Å²) in [5.41, 5.74) is 0. The van der Waals surface area contributed by atoms with Gasteiger partial charge in [-0.25, -0.2) is 0 Å². The molecule has 1 fully saturated rings. The first-order valence-electron chi connectivity index (χ1n) is 5.86. The molecule has 1 aliphatic carbocycles. The van der Waals surface area contributed by atoms with E-state index in [4.69, 9.17) is 0 Å². The van der Waals surface area contributed by atoms with E-state index in [-0.39, 0.29) is 29.1 Å². The normalized spacial score (nSPS) is 22.4. The lowest BCUT2D eigenvalue weighted by molar-refractivity contribution is -0.484. The Morgan fingerprint density at radius 1 is 1.53 bits per heavy atom. The third kappa shape index (κ3) is 2.91. The molecule has 0 aliphatic heterocycles. The molecule has 0 radical (unpaired) electrons. The van der Waals surface area contributed by atoms with Gasteiger partial charge in [-0.2, -0.15) is 0 Å². The highest BCUT2D eigenvalue weighted by Gasteiger charge is 2.34. The zero-order chi connectivity index (χ0) is 12.3. The van der Waals surface area contributed by atoms with Gasteiger partial charge in [-0.05, 0) is 24.3 Å². The lowest BCUT2D eigenvalue weighted by Gasteiger charge is -2.25. The summed E-state index contributed by atoms with van der Waals surface area (Å²) in [5, 5.41) is 12.7. The molecule has 0 bridgehead atoms. The minimum atomic E-state index is -0.299. The number of carbonyl (C=O) groups excluding carboxylic acids is 1. The maximum absolute atomic E-state index is 11.9. The Morgan fingerprint density at radius 3 is 2.94 bits per heavy atom. The average Bonchev–Trinajstić information content (AvgIpc) is 2.80. The Kier molecular flexibility index (Phi) is 3.89. The molecule has 1 aliphatic rings. The zero-order valence-corrected chi connectivity index (χ0v) is 10.3. The van der Waals surface area contributed by atoms with Crippen LogP contribution in [0.4, 0.5) is 0 Å². The highest BCUT2D eigenvalue weighted by Crippen LogP contribution is 2.36. The number of Topliss-reactive ketones (excluding diaryl/α,β-unsaturated/α-hetero) is 1. The predicted octanol–water partition coefficient (Wildman–Crippen LogP) is 2.87. The molecule has 2 rings (SSSR count). The Hall–Kier alpha value is -1.23. The fourth-order valence-corrected chi connectivity index (χ4v) is 3.40. The van der Waals surface area contributed by atoms with Crippen LogP contribution in [-0.4, -0.2) is 17.3 Å². The molecule has 92 valence electrons. The lowest BCUT2D eigenvalue weighted by Crippen LogP contribution is -2.29. The van der Waals surface area contributed by atoms with Crippen molar-refractivity contribution in [2.24, 2.45) is 5.92 Å². The van der Waals surface area contributed by atoms with Crippen molar-refractivity contribution in [2.75, 3.05) is 6.54 Å². The van der Waals surface area contributed by atoms with Crippen LogP contribution in [0.5, 0.6) is 0 Å². The van der Waals surface area contributed by atoms with Crippen molar-refractivity contribution in [3.05, 3.63) is 32.5 Å². The topological polar surface area (TPSA) is 60.2 Å². The SMILES string of the molecule is O=C1CCCC[C@@H]1[C@@H](C[N+](=O)[O-])c1cccs1. The number of carbonyl (C=O) groups is 1. The molecular formula is C12H15NO3S. The van der Waals surface area contributed by atoms with Crippen LogP contribution >= 0.6 is 11.3 Å². The van der Waals surface area contributed by atoms with Gasteiger partial charge in [0.15, 0.2) is 0 Å². The standard InChI is InChI=1S/C12H15NO3S/c14-11-5-2-1-4-9(11)10(8-13(15)16)12-6-3-7-17-12/h3,6-7,9-10H,1-2,4-5,8H2/t9-,10-/m1/s1. The molecule has 1 aromatic heterocycles. The number of nitro groups is 1. The summed E-state index contributed by atoms with van der Waals surface area (Å²) in [6.45, 7) is -0.128. The molecule has 2 atom stereocenters. The van der Waals surface area contributed by atoms with Crippen LogP contribution in [0.15, 0.2) is 17.5 Å². The second kappa shape index (κ2) is 5.40. The molecule has 5 heteroatoms. The number of rotatable bonds is 4. The summed E-state index contributed by atoms with van der Waals surface area (Å²) in [5.74, 6) is -0.165. The van der Waals surface area contributed by atoms with Crippen LogP contribution < -0.4 is 0 Å². The van der Waals surface area contributed by atoms with Gasteiger partial charge in [-0.1, -0.05) is 12.5 Å². The number of thiophene rings is 1. The third-order valence-electron chi connectivity index (χ3n) is 3.34. The minimum absolute atomic E-state index is 0.128. The van der Waals surface area contributed by atoms with Crippen LogP contribution in [-0.2, 0) is 4.79 Å². The van der Waals surface area contributed by atoms with Gasteiger partial charge >= 0.3 is 0 Å². The molecule has 1 aromatic rings. The van der Waals surface area contributed by atoms with E-state index in [9.17, 15) is 14.9 Å². The molecule has 4 nitrogen and oxygen atoms in total. The number of nitrogens with zero attached hydrogens (tertiary/aromatic N) is 1. The van der Waals surface area contributed by atoms with E-state index in [0.29, 0.717) is 6.42 Å². The monoisotopic (exact) mass is 253 g/mol. The van der Waals surface area contributed by atoms with Crippen molar-refractivity contribution in [3.63, 3.8) is 0 Å². The van der Waals surface area contributed by atoms with Gasteiger partial charge in [0.1, 0.15) is 5.78 Å². The summed E-state index contributed by atoms with van der Waals surface area (Å²) in [6.07, 6.45) is 3.33. The van der Waals surface area contributed by atoms with Crippen LogP contribution in [0, 0.1) is 16.0 Å². The molecule has 0 unspecified atom stereocenters. The summed E-state index contributed by atoms with van der Waals surface area (Å²) in [6, 6.07) is 3.79. The van der Waals surface area contributed by atoms with Gasteiger partial charge in [0.2, 0.25) is 6.54 Å². The van der Waals surface area contributed by atoms with Gasteiger partial charge < -0.3 is 0 Å². The van der Waals surface area contributed by atoms with Crippen LogP contribution in [0.1, 0.15) is 36.5 Å². The Morgan fingerprint density at radius 2 is 2.35 bits per heavy atom. The van der Waals surface area contributed by atoms with E-state index in [0.717, 1.165) is 24.1 Å². The smallest absolute Gasteiger partial charge is 0.212 e. The molecule has 0 saturated heterocycles. The predicted molar refractivity (Wildman–Crippen MR) is 65.9 cm³/mol. The molecular weight excluding hydrogens is 238 g/mol. The van der Waals surface area contributed by atoms with Gasteiger partial charge in [0.05, 0.1) is 5.92 Å². The van der Waals surface area contributed by atoms with E-state index in [1.807, 2.05) is 17.5 Å². The first kappa shape index (κ1) is 12.2. The molecule has 0 spiro atoms. The third-order valence-corrected chi connectivity index (χ3v) is 4.35. The van der Waals surface area contributed by atoms with Crippen molar-refractivity contribution >= 4 is 17.1 Å². The first-order valence-corrected chi connectivity index (χ1v) is 6.74. The zero-order valence-electron chi connectivity index (χ0n) is 9.50. The van der Waals surface area contributed by atoms with E-state index < -0.39 is 0 Å². The first-order chi connectivity index (χ1) is 8.18. The van der Waals surface area contributed by atoms with Crippen molar-refractivity contribution in [1.82, 2.24) is 0 Å². The van der Waals surface area contributed by atoms with Crippen LogP contribution in [0.3, 0.4) is 0 Å². The number of hydrogen-bond acceptors (Lipinski definition) is 4. The van der Waals surface area contributed by atoms with Crippen molar-refractivity contribution in [2.45, 2.75) is 31.6 Å². The van der Waals surface area contributed by atoms with Crippen molar-refractivity contribution < 1.29 is 9.72 Å². The van der Waals surface area contributed by atoms with Gasteiger partial charge in [0.25, 0.3) is 0 Å². The van der Waals surface area contributed by atoms with E-state index in [1.54, 1.807) is 0 Å². The highest BCUT2D eigenvalue weighted by molar-refractivity contribution is 7.10. The van der Waals surface area contributed by atoms with Crippen molar-refractivity contribution in [1.29, 1.82) is 0 Å². The maximum Gasteiger partial charge on any atom is 0.212 e. The van der Waals surface area contributed by atoms with E-state index >= 15 is 0 Å². The van der Waals surface area contributed by atoms with E-state index in [1.165, 1.54) is 11.3 Å². The van der Waals surface area contributed by atoms with Gasteiger partial charge in [0, 0.05) is 22.1 Å². The largest absolute Gasteiger partial charge is 0.299 e. The number of ketones is 1. The molecule has 0 amide bonds. The Bertz CT molecular complexity index is 402. The Balaban J connectivity index is 2.20. The summed E-state index contributed by atoms with van der Waals surface area (Å²) in [4.78, 5) is 23.3. The summed E-state index contributed by atoms with van der Waals surface area (Å²) < 4.78 is 0.